The van der Waals surface area contributed by atoms with Crippen molar-refractivity contribution in [3.8, 4) is 0 Å². The SMILES string of the molecule is C=CCCC1=CC=CCC=C1. The molecular formula is C11H14. The molecule has 0 aromatic heterocycles. The van der Waals surface area contributed by atoms with E-state index in [1.807, 2.05) is 6.08 Å². The van der Waals surface area contributed by atoms with Gasteiger partial charge in [-0.15, -0.1) is 6.58 Å². The summed E-state index contributed by atoms with van der Waals surface area (Å²) in [7, 11) is 0. The van der Waals surface area contributed by atoms with Crippen molar-refractivity contribution in [2.24, 2.45) is 0 Å². The van der Waals surface area contributed by atoms with Crippen LogP contribution in [0.4, 0.5) is 0 Å². The average molecular weight is 146 g/mol. The van der Waals surface area contributed by atoms with Crippen LogP contribution in [-0.4, -0.2) is 0 Å². The number of hydrogen-bond donors (Lipinski definition) is 0. The van der Waals surface area contributed by atoms with E-state index in [0.717, 1.165) is 19.3 Å². The van der Waals surface area contributed by atoms with Crippen molar-refractivity contribution in [1.29, 1.82) is 0 Å². The molecular weight excluding hydrogens is 132 g/mol. The standard InChI is InChI=1S/C11H14/c1-2-3-8-11-9-6-4-5-7-10-11/h2,4,6-7,9-10H,1,3,5,8H2. The molecule has 0 saturated carbocycles. The van der Waals surface area contributed by atoms with Crippen LogP contribution < -0.4 is 0 Å². The molecule has 0 aromatic rings. The molecule has 0 spiro atoms. The third-order valence-corrected chi connectivity index (χ3v) is 1.69. The molecule has 0 atom stereocenters. The molecule has 0 aromatic carbocycles. The van der Waals surface area contributed by atoms with Crippen LogP contribution in [0.1, 0.15) is 19.3 Å². The Hall–Kier alpha value is -1.04. The predicted molar refractivity (Wildman–Crippen MR) is 50.4 cm³/mol. The molecule has 0 bridgehead atoms. The zero-order valence-electron chi connectivity index (χ0n) is 6.79. The third kappa shape index (κ3) is 3.03. The van der Waals surface area contributed by atoms with E-state index in [1.165, 1.54) is 5.57 Å². The molecule has 0 heteroatoms. The minimum atomic E-state index is 1.06. The molecule has 11 heavy (non-hydrogen) atoms. The Bertz CT molecular complexity index is 204. The minimum absolute atomic E-state index is 1.06. The molecule has 0 heterocycles. The molecule has 1 rings (SSSR count). The van der Waals surface area contributed by atoms with Gasteiger partial charge in [0.15, 0.2) is 0 Å². The lowest BCUT2D eigenvalue weighted by molar-refractivity contribution is 1.01. The van der Waals surface area contributed by atoms with Gasteiger partial charge >= 0.3 is 0 Å². The fourth-order valence-corrected chi connectivity index (χ4v) is 1.06. The van der Waals surface area contributed by atoms with Gasteiger partial charge in [-0.1, -0.05) is 36.5 Å². The summed E-state index contributed by atoms with van der Waals surface area (Å²) in [6.07, 6.45) is 16.1. The van der Waals surface area contributed by atoms with E-state index in [-0.39, 0.29) is 0 Å². The summed E-state index contributed by atoms with van der Waals surface area (Å²) in [6.45, 7) is 3.70. The van der Waals surface area contributed by atoms with Gasteiger partial charge < -0.3 is 0 Å². The van der Waals surface area contributed by atoms with Crippen LogP contribution >= 0.6 is 0 Å². The summed E-state index contributed by atoms with van der Waals surface area (Å²) in [4.78, 5) is 0. The summed E-state index contributed by atoms with van der Waals surface area (Å²) in [5, 5.41) is 0. The van der Waals surface area contributed by atoms with Crippen molar-refractivity contribution in [1.82, 2.24) is 0 Å². The van der Waals surface area contributed by atoms with E-state index >= 15 is 0 Å². The molecule has 0 aliphatic heterocycles. The first-order chi connectivity index (χ1) is 5.43. The average Bonchev–Trinajstić information content (AvgIpc) is 2.28. The van der Waals surface area contributed by atoms with Crippen molar-refractivity contribution in [2.45, 2.75) is 19.3 Å². The molecule has 0 unspecified atom stereocenters. The van der Waals surface area contributed by atoms with E-state index < -0.39 is 0 Å². The predicted octanol–water partition coefficient (Wildman–Crippen LogP) is 3.40. The highest BCUT2D eigenvalue weighted by Gasteiger charge is 1.90. The highest BCUT2D eigenvalue weighted by atomic mass is 14.0. The van der Waals surface area contributed by atoms with Crippen LogP contribution in [0.5, 0.6) is 0 Å². The van der Waals surface area contributed by atoms with Gasteiger partial charge in [0.25, 0.3) is 0 Å². The van der Waals surface area contributed by atoms with Gasteiger partial charge in [-0.05, 0) is 24.8 Å². The van der Waals surface area contributed by atoms with E-state index in [1.54, 1.807) is 0 Å². The second-order valence-electron chi connectivity index (χ2n) is 2.64. The summed E-state index contributed by atoms with van der Waals surface area (Å²) < 4.78 is 0. The quantitative estimate of drug-likeness (QED) is 0.535. The van der Waals surface area contributed by atoms with Crippen molar-refractivity contribution < 1.29 is 0 Å². The van der Waals surface area contributed by atoms with Crippen LogP contribution in [0.15, 0.2) is 48.6 Å². The molecule has 0 N–H and O–H groups in total. The lowest BCUT2D eigenvalue weighted by Crippen LogP contribution is -1.75. The molecule has 58 valence electrons. The molecule has 1 aliphatic rings. The van der Waals surface area contributed by atoms with E-state index in [4.69, 9.17) is 0 Å². The monoisotopic (exact) mass is 146 g/mol. The number of hydrogen-bond acceptors (Lipinski definition) is 0. The van der Waals surface area contributed by atoms with Gasteiger partial charge in [0.05, 0.1) is 0 Å². The first kappa shape index (κ1) is 8.06. The molecule has 0 saturated heterocycles. The van der Waals surface area contributed by atoms with Gasteiger partial charge in [-0.25, -0.2) is 0 Å². The Morgan fingerprint density at radius 3 is 3.18 bits per heavy atom. The van der Waals surface area contributed by atoms with Gasteiger partial charge in [0.1, 0.15) is 0 Å². The summed E-state index contributed by atoms with van der Waals surface area (Å²) >= 11 is 0. The second kappa shape index (κ2) is 4.73. The van der Waals surface area contributed by atoms with Crippen LogP contribution in [0.25, 0.3) is 0 Å². The van der Waals surface area contributed by atoms with Crippen molar-refractivity contribution in [3.05, 3.63) is 48.6 Å². The maximum absolute atomic E-state index is 3.70. The number of rotatable bonds is 3. The lowest BCUT2D eigenvalue weighted by Gasteiger charge is -1.95. The Labute approximate surface area is 68.6 Å². The molecule has 1 aliphatic carbocycles. The maximum atomic E-state index is 3.70. The summed E-state index contributed by atoms with van der Waals surface area (Å²) in [6, 6.07) is 0. The summed E-state index contributed by atoms with van der Waals surface area (Å²) in [5.74, 6) is 0. The minimum Gasteiger partial charge on any atom is -0.103 e. The Morgan fingerprint density at radius 1 is 1.45 bits per heavy atom. The molecule has 0 nitrogen and oxygen atoms in total. The zero-order valence-corrected chi connectivity index (χ0v) is 6.79. The Kier molecular flexibility index (Phi) is 3.46. The summed E-state index contributed by atoms with van der Waals surface area (Å²) in [5.41, 5.74) is 1.40. The third-order valence-electron chi connectivity index (χ3n) is 1.69. The van der Waals surface area contributed by atoms with Crippen LogP contribution in [-0.2, 0) is 0 Å². The van der Waals surface area contributed by atoms with Crippen LogP contribution in [0.2, 0.25) is 0 Å². The van der Waals surface area contributed by atoms with Crippen molar-refractivity contribution >= 4 is 0 Å². The Morgan fingerprint density at radius 2 is 2.36 bits per heavy atom. The van der Waals surface area contributed by atoms with E-state index in [2.05, 4.69) is 37.0 Å². The first-order valence-corrected chi connectivity index (χ1v) is 4.06. The molecule has 0 amide bonds. The van der Waals surface area contributed by atoms with Gasteiger partial charge in [0.2, 0.25) is 0 Å². The van der Waals surface area contributed by atoms with Gasteiger partial charge in [-0.3, -0.25) is 0 Å². The fraction of sp³-hybridized carbons (Fsp3) is 0.273. The smallest absolute Gasteiger partial charge is 0.0163 e. The second-order valence-corrected chi connectivity index (χ2v) is 2.64. The first-order valence-electron chi connectivity index (χ1n) is 4.06. The topological polar surface area (TPSA) is 0 Å². The molecule has 0 fully saturated rings. The zero-order chi connectivity index (χ0) is 7.94. The highest BCUT2D eigenvalue weighted by Crippen LogP contribution is 2.10. The van der Waals surface area contributed by atoms with Gasteiger partial charge in [-0.2, -0.15) is 0 Å². The van der Waals surface area contributed by atoms with Crippen LogP contribution in [0, 0.1) is 0 Å². The van der Waals surface area contributed by atoms with Crippen molar-refractivity contribution in [3.63, 3.8) is 0 Å². The highest BCUT2D eigenvalue weighted by molar-refractivity contribution is 5.27. The van der Waals surface area contributed by atoms with E-state index in [0.29, 0.717) is 0 Å². The molecule has 0 radical (unpaired) electrons. The van der Waals surface area contributed by atoms with E-state index in [9.17, 15) is 0 Å². The lowest BCUT2D eigenvalue weighted by atomic mass is 10.1. The maximum Gasteiger partial charge on any atom is -0.0163 e. The largest absolute Gasteiger partial charge is 0.103 e. The normalized spacial score (nSPS) is 15.8. The fourth-order valence-electron chi connectivity index (χ4n) is 1.06. The van der Waals surface area contributed by atoms with Gasteiger partial charge in [0, 0.05) is 0 Å². The van der Waals surface area contributed by atoms with Crippen molar-refractivity contribution in [2.75, 3.05) is 0 Å². The number of allylic oxidation sites excluding steroid dienone is 7. The Balaban J connectivity index is 2.48. The van der Waals surface area contributed by atoms with Crippen LogP contribution in [0.3, 0.4) is 0 Å².